The molecule has 0 atom stereocenters. The van der Waals surface area contributed by atoms with Crippen molar-refractivity contribution >= 4 is 76.6 Å². The molecule has 2 N–H and O–H groups in total. The second-order valence-electron chi connectivity index (χ2n) is 6.05. The fourth-order valence-electron chi connectivity index (χ4n) is 2.95. The van der Waals surface area contributed by atoms with E-state index in [-0.39, 0.29) is 0 Å². The highest BCUT2D eigenvalue weighted by Gasteiger charge is 2.08. The molecule has 126 valence electrons. The van der Waals surface area contributed by atoms with Gasteiger partial charge in [-0.15, -0.1) is 0 Å². The van der Waals surface area contributed by atoms with E-state index < -0.39 is 0 Å². The van der Waals surface area contributed by atoms with Gasteiger partial charge in [0.15, 0.2) is 0 Å². The van der Waals surface area contributed by atoms with Crippen molar-refractivity contribution in [3.05, 3.63) is 69.7 Å². The van der Waals surface area contributed by atoms with E-state index >= 15 is 0 Å². The van der Waals surface area contributed by atoms with Gasteiger partial charge in [0, 0.05) is 25.5 Å². The van der Waals surface area contributed by atoms with Crippen molar-refractivity contribution in [2.45, 2.75) is 0 Å². The summed E-state index contributed by atoms with van der Waals surface area (Å²) in [6.45, 7) is 0. The molecule has 6 heteroatoms. The molecule has 0 saturated heterocycles. The van der Waals surface area contributed by atoms with Gasteiger partial charge in [-0.3, -0.25) is 0 Å². The van der Waals surface area contributed by atoms with Gasteiger partial charge in [0.05, 0.1) is 29.7 Å². The first-order valence-corrected chi connectivity index (χ1v) is 9.57. The fraction of sp³-hybridized carbons (Fsp3) is 0. The smallest absolute Gasteiger partial charge is 0.0800 e. The molecule has 3 aromatic heterocycles. The van der Waals surface area contributed by atoms with Crippen LogP contribution in [0, 0.1) is 0 Å². The van der Waals surface area contributed by atoms with Crippen LogP contribution < -0.4 is 0 Å². The van der Waals surface area contributed by atoms with E-state index in [9.17, 15) is 0 Å². The standard InChI is InChI=1S/C20H12Br2N4/c21-17-7-15-6-13-2-1-11(23-13)5-12-3-4-14(24-12)9-19-18(22)8-16(26-19)10-20(17)25-15/h1-10,23,26H/i7D. The number of H-pyrrole nitrogens is 2. The Morgan fingerprint density at radius 2 is 1.50 bits per heavy atom. The zero-order valence-electron chi connectivity index (χ0n) is 14.3. The summed E-state index contributed by atoms with van der Waals surface area (Å²) in [6, 6.07) is 14.1. The zero-order valence-corrected chi connectivity index (χ0v) is 16.5. The molecule has 5 heterocycles. The molecule has 0 unspecified atom stereocenters. The molecule has 0 amide bonds. The lowest BCUT2D eigenvalue weighted by Crippen LogP contribution is -1.76. The second kappa shape index (κ2) is 6.07. The predicted molar refractivity (Wildman–Crippen MR) is 114 cm³/mol. The van der Waals surface area contributed by atoms with Gasteiger partial charge in [0.25, 0.3) is 0 Å². The van der Waals surface area contributed by atoms with Crippen molar-refractivity contribution in [2.24, 2.45) is 0 Å². The van der Waals surface area contributed by atoms with Crippen molar-refractivity contribution < 1.29 is 1.37 Å². The maximum Gasteiger partial charge on any atom is 0.0800 e. The van der Waals surface area contributed by atoms with Crippen molar-refractivity contribution in [3.63, 3.8) is 0 Å². The monoisotopic (exact) mass is 467 g/mol. The summed E-state index contributed by atoms with van der Waals surface area (Å²) in [6.07, 6.45) is 3.98. The number of aromatic nitrogens is 4. The van der Waals surface area contributed by atoms with Crippen LogP contribution in [0.25, 0.3) is 44.8 Å². The van der Waals surface area contributed by atoms with Crippen molar-refractivity contribution in [1.82, 2.24) is 19.9 Å². The van der Waals surface area contributed by atoms with Gasteiger partial charge in [-0.2, -0.15) is 0 Å². The third-order valence-electron chi connectivity index (χ3n) is 4.12. The first kappa shape index (κ1) is 14.7. The van der Waals surface area contributed by atoms with Gasteiger partial charge in [-0.05, 0) is 92.5 Å². The first-order valence-electron chi connectivity index (χ1n) is 8.48. The molecule has 0 fully saturated rings. The molecule has 4 nitrogen and oxygen atoms in total. The lowest BCUT2D eigenvalue weighted by molar-refractivity contribution is 1.31. The quantitative estimate of drug-likeness (QED) is 0.325. The number of fused-ring (bicyclic) bond motifs is 8. The minimum absolute atomic E-state index is 0.366. The molecule has 0 spiro atoms. The molecular formula is C20H12Br2N4. The average Bonchev–Trinajstić information content (AvgIpc) is 3.38. The van der Waals surface area contributed by atoms with Crippen LogP contribution in [0.2, 0.25) is 0 Å². The van der Waals surface area contributed by atoms with E-state index in [1.807, 2.05) is 54.6 Å². The highest BCUT2D eigenvalue weighted by molar-refractivity contribution is 9.15. The Morgan fingerprint density at radius 1 is 0.769 bits per heavy atom. The SMILES string of the molecule is [2H]C1=C(Br)c2cc3cc(Br)c(cc4nc(cc5ccc(cc1n2)[nH]5)C=C4)[nH]3. The van der Waals surface area contributed by atoms with Crippen LogP contribution in [0.15, 0.2) is 46.9 Å². The third kappa shape index (κ3) is 2.95. The topological polar surface area (TPSA) is 57.4 Å². The van der Waals surface area contributed by atoms with Gasteiger partial charge >= 0.3 is 0 Å². The fourth-order valence-corrected chi connectivity index (χ4v) is 3.82. The summed E-state index contributed by atoms with van der Waals surface area (Å²) < 4.78 is 9.96. The summed E-state index contributed by atoms with van der Waals surface area (Å²) in [4.78, 5) is 15.9. The maximum absolute atomic E-state index is 8.34. The molecule has 2 aliphatic heterocycles. The molecule has 26 heavy (non-hydrogen) atoms. The summed E-state index contributed by atoms with van der Waals surface area (Å²) in [5, 5.41) is 0. The number of rotatable bonds is 0. The number of hydrogen-bond acceptors (Lipinski definition) is 2. The summed E-state index contributed by atoms with van der Waals surface area (Å²) in [5.41, 5.74) is 6.75. The van der Waals surface area contributed by atoms with Crippen LogP contribution >= 0.6 is 31.9 Å². The van der Waals surface area contributed by atoms with Crippen molar-refractivity contribution in [2.75, 3.05) is 0 Å². The average molecular weight is 469 g/mol. The van der Waals surface area contributed by atoms with Gasteiger partial charge in [0.1, 0.15) is 0 Å². The van der Waals surface area contributed by atoms with E-state index in [1.165, 1.54) is 0 Å². The Bertz CT molecular complexity index is 1310. The second-order valence-corrected chi connectivity index (χ2v) is 7.70. The first-order chi connectivity index (χ1) is 13.0. The minimum atomic E-state index is 0.366. The molecule has 2 aliphatic rings. The van der Waals surface area contributed by atoms with E-state index in [2.05, 4.69) is 51.8 Å². The lowest BCUT2D eigenvalue weighted by Gasteiger charge is -1.87. The Morgan fingerprint density at radius 3 is 2.31 bits per heavy atom. The molecule has 0 aliphatic carbocycles. The zero-order chi connectivity index (χ0) is 18.5. The maximum atomic E-state index is 8.34. The largest absolute Gasteiger partial charge is 0.355 e. The molecule has 3 aromatic rings. The van der Waals surface area contributed by atoms with Crippen LogP contribution in [0.3, 0.4) is 0 Å². The van der Waals surface area contributed by atoms with E-state index in [1.54, 1.807) is 0 Å². The van der Waals surface area contributed by atoms with Gasteiger partial charge in [0.2, 0.25) is 0 Å². The van der Waals surface area contributed by atoms with Crippen LogP contribution in [0.4, 0.5) is 0 Å². The number of halogens is 2. The highest BCUT2D eigenvalue weighted by atomic mass is 79.9. The Hall–Kier alpha value is -2.44. The molecule has 0 saturated carbocycles. The van der Waals surface area contributed by atoms with E-state index in [0.717, 1.165) is 37.9 Å². The summed E-state index contributed by atoms with van der Waals surface area (Å²) in [7, 11) is 0. The van der Waals surface area contributed by atoms with E-state index in [0.29, 0.717) is 21.9 Å². The molecular weight excluding hydrogens is 456 g/mol. The Kier molecular flexibility index (Phi) is 3.43. The van der Waals surface area contributed by atoms with Gasteiger partial charge < -0.3 is 9.97 Å². The number of nitrogens with zero attached hydrogens (tertiary/aromatic N) is 2. The third-order valence-corrected chi connectivity index (χ3v) is 5.38. The number of nitrogens with one attached hydrogen (secondary N) is 2. The highest BCUT2D eigenvalue weighted by Crippen LogP contribution is 2.28. The minimum Gasteiger partial charge on any atom is -0.355 e. The van der Waals surface area contributed by atoms with Crippen LogP contribution in [-0.4, -0.2) is 19.9 Å². The summed E-state index contributed by atoms with van der Waals surface area (Å²) >= 11 is 7.09. The molecule has 0 radical (unpaired) electrons. The summed E-state index contributed by atoms with van der Waals surface area (Å²) in [5.74, 6) is 0. The van der Waals surface area contributed by atoms with Crippen LogP contribution in [0.5, 0.6) is 0 Å². The van der Waals surface area contributed by atoms with Crippen LogP contribution in [-0.2, 0) is 0 Å². The molecule has 5 rings (SSSR count). The van der Waals surface area contributed by atoms with Gasteiger partial charge in [-0.1, -0.05) is 0 Å². The normalized spacial score (nSPS) is 14.0. The number of hydrogen-bond donors (Lipinski definition) is 2. The lowest BCUT2D eigenvalue weighted by atomic mass is 10.3. The van der Waals surface area contributed by atoms with Gasteiger partial charge in [-0.25, -0.2) is 9.97 Å². The number of aromatic amines is 2. The molecule has 0 aromatic carbocycles. The Labute approximate surface area is 167 Å². The van der Waals surface area contributed by atoms with E-state index in [4.69, 9.17) is 1.37 Å². The molecule has 8 bridgehead atoms. The van der Waals surface area contributed by atoms with Crippen molar-refractivity contribution in [3.8, 4) is 0 Å². The Balaban J connectivity index is 1.90. The van der Waals surface area contributed by atoms with Crippen molar-refractivity contribution in [1.29, 1.82) is 0 Å². The predicted octanol–water partition coefficient (Wildman–Crippen LogP) is 6.14. The van der Waals surface area contributed by atoms with Crippen LogP contribution in [0.1, 0.15) is 24.1 Å².